The zero-order valence-electron chi connectivity index (χ0n) is 10.7. The van der Waals surface area contributed by atoms with Crippen LogP contribution in [0.25, 0.3) is 0 Å². The van der Waals surface area contributed by atoms with E-state index in [1.807, 2.05) is 0 Å². The molecule has 0 saturated heterocycles. The SMILES string of the molecule is COC(=O)/C=C/C(O)C/C=[N+](/[O-])C1CCCCC1. The van der Waals surface area contributed by atoms with Crippen molar-refractivity contribution in [1.82, 2.24) is 0 Å². The van der Waals surface area contributed by atoms with Crippen LogP contribution in [0.3, 0.4) is 0 Å². The third-order valence-corrected chi connectivity index (χ3v) is 3.12. The van der Waals surface area contributed by atoms with Crippen molar-refractivity contribution in [3.8, 4) is 0 Å². The largest absolute Gasteiger partial charge is 0.624 e. The molecule has 5 nitrogen and oxygen atoms in total. The van der Waals surface area contributed by atoms with Gasteiger partial charge in [-0.3, -0.25) is 0 Å². The fourth-order valence-corrected chi connectivity index (χ4v) is 2.03. The number of carbonyl (C=O) groups excluding carboxylic acids is 1. The number of ether oxygens (including phenoxy) is 1. The number of aliphatic hydroxyl groups is 1. The van der Waals surface area contributed by atoms with Gasteiger partial charge in [-0.05, 0) is 18.9 Å². The molecule has 0 radical (unpaired) electrons. The lowest BCUT2D eigenvalue weighted by molar-refractivity contribution is -0.502. The van der Waals surface area contributed by atoms with Gasteiger partial charge in [0.25, 0.3) is 0 Å². The lowest BCUT2D eigenvalue weighted by Crippen LogP contribution is -2.25. The van der Waals surface area contributed by atoms with Gasteiger partial charge in [0.05, 0.1) is 19.6 Å². The number of methoxy groups -OCH3 is 1. The summed E-state index contributed by atoms with van der Waals surface area (Å²) >= 11 is 0. The van der Waals surface area contributed by atoms with Gasteiger partial charge in [-0.1, -0.05) is 6.42 Å². The maximum absolute atomic E-state index is 11.7. The Bertz CT molecular complexity index is 319. The summed E-state index contributed by atoms with van der Waals surface area (Å²) in [4.78, 5) is 10.8. The highest BCUT2D eigenvalue weighted by atomic mass is 16.5. The van der Waals surface area contributed by atoms with Crippen LogP contribution in [0.2, 0.25) is 0 Å². The fraction of sp³-hybridized carbons (Fsp3) is 0.692. The quantitative estimate of drug-likeness (QED) is 0.201. The molecule has 1 aliphatic carbocycles. The molecule has 0 amide bonds. The van der Waals surface area contributed by atoms with E-state index in [0.717, 1.165) is 36.5 Å². The van der Waals surface area contributed by atoms with Crippen molar-refractivity contribution in [2.75, 3.05) is 7.11 Å². The van der Waals surface area contributed by atoms with E-state index in [9.17, 15) is 15.1 Å². The van der Waals surface area contributed by atoms with Gasteiger partial charge in [0.1, 0.15) is 0 Å². The second-order valence-electron chi connectivity index (χ2n) is 4.52. The number of esters is 1. The first-order valence-corrected chi connectivity index (χ1v) is 6.36. The Morgan fingerprint density at radius 1 is 1.50 bits per heavy atom. The molecule has 0 aromatic carbocycles. The van der Waals surface area contributed by atoms with Crippen molar-refractivity contribution in [1.29, 1.82) is 0 Å². The number of hydrogen-bond donors (Lipinski definition) is 1. The van der Waals surface area contributed by atoms with Gasteiger partial charge in [-0.15, -0.1) is 0 Å². The van der Waals surface area contributed by atoms with Crippen molar-refractivity contribution >= 4 is 12.2 Å². The van der Waals surface area contributed by atoms with Crippen molar-refractivity contribution in [2.24, 2.45) is 0 Å². The molecule has 5 heteroatoms. The van der Waals surface area contributed by atoms with Gasteiger partial charge < -0.3 is 15.1 Å². The summed E-state index contributed by atoms with van der Waals surface area (Å²) in [5.74, 6) is -0.514. The number of nitrogens with zero attached hydrogens (tertiary/aromatic N) is 1. The molecule has 102 valence electrons. The molecule has 18 heavy (non-hydrogen) atoms. The van der Waals surface area contributed by atoms with Crippen LogP contribution in [0.4, 0.5) is 0 Å². The second kappa shape index (κ2) is 7.87. The van der Waals surface area contributed by atoms with Crippen LogP contribution in [-0.4, -0.2) is 41.3 Å². The first kappa shape index (κ1) is 14.7. The maximum atomic E-state index is 11.7. The lowest BCUT2D eigenvalue weighted by atomic mass is 9.96. The zero-order chi connectivity index (χ0) is 13.4. The first-order chi connectivity index (χ1) is 8.63. The number of rotatable bonds is 5. The Morgan fingerprint density at radius 3 is 2.78 bits per heavy atom. The predicted octanol–water partition coefficient (Wildman–Crippen LogP) is 1.38. The van der Waals surface area contributed by atoms with Crippen LogP contribution < -0.4 is 0 Å². The van der Waals surface area contributed by atoms with Crippen LogP contribution in [0, 0.1) is 5.21 Å². The molecule has 1 saturated carbocycles. The molecule has 0 aromatic rings. The van der Waals surface area contributed by atoms with Crippen molar-refractivity contribution in [3.05, 3.63) is 17.4 Å². The molecule has 0 aromatic heterocycles. The minimum Gasteiger partial charge on any atom is -0.624 e. The van der Waals surface area contributed by atoms with E-state index in [1.54, 1.807) is 0 Å². The average molecular weight is 255 g/mol. The molecule has 1 fully saturated rings. The molecule has 0 spiro atoms. The average Bonchev–Trinajstić information content (AvgIpc) is 2.42. The number of hydroxylamine groups is 1. The maximum Gasteiger partial charge on any atom is 0.330 e. The van der Waals surface area contributed by atoms with E-state index in [1.165, 1.54) is 25.8 Å². The summed E-state index contributed by atoms with van der Waals surface area (Å²) < 4.78 is 5.35. The van der Waals surface area contributed by atoms with Gasteiger partial charge in [0.15, 0.2) is 12.3 Å². The molecule has 1 aliphatic rings. The predicted molar refractivity (Wildman–Crippen MR) is 68.3 cm³/mol. The van der Waals surface area contributed by atoms with Gasteiger partial charge in [-0.25, -0.2) is 9.53 Å². The van der Waals surface area contributed by atoms with Gasteiger partial charge in [-0.2, -0.15) is 0 Å². The van der Waals surface area contributed by atoms with Crippen molar-refractivity contribution < 1.29 is 19.4 Å². The summed E-state index contributed by atoms with van der Waals surface area (Å²) in [6.45, 7) is 0. The van der Waals surface area contributed by atoms with E-state index >= 15 is 0 Å². The zero-order valence-corrected chi connectivity index (χ0v) is 10.7. The minimum atomic E-state index is -0.829. The third kappa shape index (κ3) is 5.31. The smallest absolute Gasteiger partial charge is 0.330 e. The van der Waals surface area contributed by atoms with Crippen molar-refractivity contribution in [2.45, 2.75) is 50.7 Å². The monoisotopic (exact) mass is 255 g/mol. The second-order valence-corrected chi connectivity index (χ2v) is 4.52. The van der Waals surface area contributed by atoms with E-state index in [-0.39, 0.29) is 12.5 Å². The van der Waals surface area contributed by atoms with E-state index in [2.05, 4.69) is 4.74 Å². The van der Waals surface area contributed by atoms with Crippen LogP contribution in [-0.2, 0) is 9.53 Å². The van der Waals surface area contributed by atoms with Gasteiger partial charge in [0.2, 0.25) is 0 Å². The van der Waals surface area contributed by atoms with E-state index in [0.29, 0.717) is 0 Å². The van der Waals surface area contributed by atoms with E-state index < -0.39 is 12.1 Å². The third-order valence-electron chi connectivity index (χ3n) is 3.12. The Morgan fingerprint density at radius 2 is 2.17 bits per heavy atom. The topological polar surface area (TPSA) is 72.6 Å². The number of aliphatic hydroxyl groups excluding tert-OH is 1. The molecule has 0 bridgehead atoms. The molecular formula is C13H21NO4. The highest BCUT2D eigenvalue weighted by molar-refractivity contribution is 5.81. The Hall–Kier alpha value is -1.36. The molecule has 0 heterocycles. The van der Waals surface area contributed by atoms with Crippen LogP contribution in [0.1, 0.15) is 38.5 Å². The van der Waals surface area contributed by atoms with Gasteiger partial charge in [0, 0.05) is 18.9 Å². The summed E-state index contributed by atoms with van der Waals surface area (Å²) in [5, 5.41) is 21.3. The molecule has 1 N–H and O–H groups in total. The fourth-order valence-electron chi connectivity index (χ4n) is 2.03. The Kier molecular flexibility index (Phi) is 6.43. The van der Waals surface area contributed by atoms with E-state index in [4.69, 9.17) is 0 Å². The molecule has 1 atom stereocenters. The standard InChI is InChI=1S/C13H21NO4/c1-18-13(16)8-7-12(15)9-10-14(17)11-5-3-2-4-6-11/h7-8,10-12,15H,2-6,9H2,1H3/b8-7+,14-10+. The summed E-state index contributed by atoms with van der Waals surface area (Å²) in [7, 11) is 1.27. The Labute approximate surface area is 107 Å². The summed E-state index contributed by atoms with van der Waals surface area (Å²) in [6.07, 6.45) is 8.59. The van der Waals surface area contributed by atoms with Crippen LogP contribution >= 0.6 is 0 Å². The molecule has 0 aliphatic heterocycles. The minimum absolute atomic E-state index is 0.0514. The normalized spacial score (nSPS) is 20.0. The molecule has 1 unspecified atom stereocenters. The van der Waals surface area contributed by atoms with Gasteiger partial charge >= 0.3 is 5.97 Å². The van der Waals surface area contributed by atoms with Crippen molar-refractivity contribution in [3.63, 3.8) is 0 Å². The number of hydrogen-bond acceptors (Lipinski definition) is 4. The summed E-state index contributed by atoms with van der Waals surface area (Å²) in [5.41, 5.74) is 0. The Balaban J connectivity index is 2.37. The number of carbonyl (C=O) groups is 1. The van der Waals surface area contributed by atoms with Crippen LogP contribution in [0.5, 0.6) is 0 Å². The molecular weight excluding hydrogens is 234 g/mol. The summed E-state index contributed by atoms with van der Waals surface area (Å²) in [6, 6.07) is 0.0514. The van der Waals surface area contributed by atoms with Crippen LogP contribution in [0.15, 0.2) is 12.2 Å². The highest BCUT2D eigenvalue weighted by Gasteiger charge is 2.19. The lowest BCUT2D eigenvalue weighted by Gasteiger charge is -2.20. The molecule has 1 rings (SSSR count). The first-order valence-electron chi connectivity index (χ1n) is 6.36. The highest BCUT2D eigenvalue weighted by Crippen LogP contribution is 2.19.